The molecule has 1 amide bonds. The highest BCUT2D eigenvalue weighted by Gasteiger charge is 2.16. The van der Waals surface area contributed by atoms with Crippen molar-refractivity contribution < 1.29 is 9.53 Å². The van der Waals surface area contributed by atoms with Gasteiger partial charge in [-0.15, -0.1) is 0 Å². The van der Waals surface area contributed by atoms with Gasteiger partial charge in [-0.05, 0) is 35.9 Å². The summed E-state index contributed by atoms with van der Waals surface area (Å²) in [6.07, 6.45) is 5.52. The number of hydrogen-bond acceptors (Lipinski definition) is 3. The lowest BCUT2D eigenvalue weighted by Crippen LogP contribution is -2.28. The third-order valence-electron chi connectivity index (χ3n) is 4.08. The van der Waals surface area contributed by atoms with Gasteiger partial charge < -0.3 is 10.1 Å². The molecule has 0 saturated carbocycles. The smallest absolute Gasteiger partial charge is 0.250 e. The third-order valence-corrected chi connectivity index (χ3v) is 4.08. The van der Waals surface area contributed by atoms with E-state index in [-0.39, 0.29) is 5.91 Å². The van der Waals surface area contributed by atoms with Crippen LogP contribution in [0.15, 0.2) is 72.6 Å². The maximum absolute atomic E-state index is 12.4. The molecule has 2 aromatic carbocycles. The van der Waals surface area contributed by atoms with Crippen molar-refractivity contribution in [2.24, 2.45) is 0 Å². The van der Waals surface area contributed by atoms with Crippen LogP contribution in [0.1, 0.15) is 11.1 Å². The second-order valence-corrected chi connectivity index (χ2v) is 5.80. The van der Waals surface area contributed by atoms with Gasteiger partial charge in [-0.3, -0.25) is 4.79 Å². The molecule has 25 heavy (non-hydrogen) atoms. The standard InChI is InChI=1S/C20H17N3O2/c24-20(17-12-16-4-1-2-5-19(16)25-14-17)21-13-15-6-8-18(9-7-15)23-11-3-10-22-23/h1-12H,13-14H2,(H,21,24). The maximum atomic E-state index is 12.4. The number of nitrogens with zero attached hydrogens (tertiary/aromatic N) is 2. The van der Waals surface area contributed by atoms with Gasteiger partial charge in [0.2, 0.25) is 0 Å². The minimum atomic E-state index is -0.106. The first-order valence-corrected chi connectivity index (χ1v) is 8.09. The van der Waals surface area contributed by atoms with Crippen LogP contribution in [0.4, 0.5) is 0 Å². The van der Waals surface area contributed by atoms with Crippen molar-refractivity contribution in [3.8, 4) is 11.4 Å². The number of hydrogen-bond donors (Lipinski definition) is 1. The Hall–Kier alpha value is -3.34. The molecule has 1 aromatic heterocycles. The Labute approximate surface area is 145 Å². The Morgan fingerprint density at radius 1 is 1.12 bits per heavy atom. The summed E-state index contributed by atoms with van der Waals surface area (Å²) in [7, 11) is 0. The van der Waals surface area contributed by atoms with E-state index in [9.17, 15) is 4.79 Å². The number of benzene rings is 2. The van der Waals surface area contributed by atoms with Gasteiger partial charge in [0, 0.05) is 24.5 Å². The molecule has 2 heterocycles. The highest BCUT2D eigenvalue weighted by Crippen LogP contribution is 2.25. The molecule has 0 fully saturated rings. The van der Waals surface area contributed by atoms with Crippen LogP contribution in [0.2, 0.25) is 0 Å². The minimum Gasteiger partial charge on any atom is -0.488 e. The first-order chi connectivity index (χ1) is 12.3. The first-order valence-electron chi connectivity index (χ1n) is 8.09. The fraction of sp³-hybridized carbons (Fsp3) is 0.100. The van der Waals surface area contributed by atoms with Gasteiger partial charge >= 0.3 is 0 Å². The van der Waals surface area contributed by atoms with Crippen molar-refractivity contribution in [2.45, 2.75) is 6.54 Å². The van der Waals surface area contributed by atoms with Gasteiger partial charge in [0.25, 0.3) is 5.91 Å². The van der Waals surface area contributed by atoms with Crippen molar-refractivity contribution >= 4 is 12.0 Å². The average Bonchev–Trinajstić information content (AvgIpc) is 3.21. The normalized spacial score (nSPS) is 12.7. The number of amides is 1. The molecule has 0 atom stereocenters. The van der Waals surface area contributed by atoms with Crippen LogP contribution in [-0.2, 0) is 11.3 Å². The van der Waals surface area contributed by atoms with E-state index < -0.39 is 0 Å². The summed E-state index contributed by atoms with van der Waals surface area (Å²) in [5.41, 5.74) is 3.58. The number of fused-ring (bicyclic) bond motifs is 1. The number of para-hydroxylation sites is 1. The second kappa shape index (κ2) is 6.65. The molecule has 1 N–H and O–H groups in total. The van der Waals surface area contributed by atoms with Gasteiger partial charge in [-0.25, -0.2) is 4.68 Å². The zero-order chi connectivity index (χ0) is 17.1. The molecule has 0 spiro atoms. The number of nitrogens with one attached hydrogen (secondary N) is 1. The molecule has 1 aliphatic heterocycles. The van der Waals surface area contributed by atoms with Crippen molar-refractivity contribution in [1.82, 2.24) is 15.1 Å². The zero-order valence-electron chi connectivity index (χ0n) is 13.6. The molecule has 0 unspecified atom stereocenters. The van der Waals surface area contributed by atoms with E-state index in [4.69, 9.17) is 4.74 Å². The van der Waals surface area contributed by atoms with Crippen LogP contribution in [0.5, 0.6) is 5.75 Å². The number of carbonyl (C=O) groups is 1. The van der Waals surface area contributed by atoms with Crippen LogP contribution in [0.25, 0.3) is 11.8 Å². The van der Waals surface area contributed by atoms with E-state index >= 15 is 0 Å². The SMILES string of the molecule is O=C(NCc1ccc(-n2cccn2)cc1)C1=Cc2ccccc2OC1. The lowest BCUT2D eigenvalue weighted by molar-refractivity contribution is -0.117. The molecular weight excluding hydrogens is 314 g/mol. The Balaban J connectivity index is 1.40. The van der Waals surface area contributed by atoms with Crippen LogP contribution in [0.3, 0.4) is 0 Å². The Kier molecular flexibility index (Phi) is 4.04. The van der Waals surface area contributed by atoms with Crippen LogP contribution in [-0.4, -0.2) is 22.3 Å². The topological polar surface area (TPSA) is 56.2 Å². The summed E-state index contributed by atoms with van der Waals surface area (Å²) in [6.45, 7) is 0.762. The van der Waals surface area contributed by atoms with Crippen molar-refractivity contribution in [3.63, 3.8) is 0 Å². The van der Waals surface area contributed by atoms with E-state index in [1.165, 1.54) is 0 Å². The summed E-state index contributed by atoms with van der Waals surface area (Å²) >= 11 is 0. The van der Waals surface area contributed by atoms with Gasteiger partial charge in [-0.2, -0.15) is 5.10 Å². The number of carbonyl (C=O) groups excluding carboxylic acids is 1. The molecule has 0 radical (unpaired) electrons. The summed E-state index contributed by atoms with van der Waals surface area (Å²) in [5, 5.41) is 7.14. The van der Waals surface area contributed by atoms with E-state index in [0.29, 0.717) is 18.7 Å². The van der Waals surface area contributed by atoms with E-state index in [1.807, 2.05) is 66.9 Å². The number of ether oxygens (including phenoxy) is 1. The molecular formula is C20H17N3O2. The molecule has 0 saturated heterocycles. The van der Waals surface area contributed by atoms with Crippen molar-refractivity contribution in [3.05, 3.63) is 83.7 Å². The first kappa shape index (κ1) is 15.2. The second-order valence-electron chi connectivity index (χ2n) is 5.80. The fourth-order valence-corrected chi connectivity index (χ4v) is 2.73. The van der Waals surface area contributed by atoms with Crippen molar-refractivity contribution in [1.29, 1.82) is 0 Å². The van der Waals surface area contributed by atoms with Gasteiger partial charge in [0.1, 0.15) is 12.4 Å². The molecule has 5 heteroatoms. The van der Waals surface area contributed by atoms with E-state index in [1.54, 1.807) is 10.9 Å². The summed E-state index contributed by atoms with van der Waals surface area (Å²) < 4.78 is 7.42. The average molecular weight is 331 g/mol. The lowest BCUT2D eigenvalue weighted by atomic mass is 10.1. The molecule has 4 rings (SSSR count). The molecule has 3 aromatic rings. The van der Waals surface area contributed by atoms with Gasteiger partial charge in [0.15, 0.2) is 0 Å². The van der Waals surface area contributed by atoms with Gasteiger partial charge in [0.05, 0.1) is 11.3 Å². The third kappa shape index (κ3) is 3.30. The Morgan fingerprint density at radius 2 is 1.96 bits per heavy atom. The largest absolute Gasteiger partial charge is 0.488 e. The zero-order valence-corrected chi connectivity index (χ0v) is 13.6. The number of rotatable bonds is 4. The van der Waals surface area contributed by atoms with Crippen LogP contribution >= 0.6 is 0 Å². The van der Waals surface area contributed by atoms with Crippen LogP contribution in [0, 0.1) is 0 Å². The minimum absolute atomic E-state index is 0.106. The molecule has 0 aliphatic carbocycles. The maximum Gasteiger partial charge on any atom is 0.250 e. The van der Waals surface area contributed by atoms with Crippen LogP contribution < -0.4 is 10.1 Å². The van der Waals surface area contributed by atoms with Gasteiger partial charge in [-0.1, -0.05) is 30.3 Å². The predicted molar refractivity (Wildman–Crippen MR) is 95.3 cm³/mol. The van der Waals surface area contributed by atoms with E-state index in [0.717, 1.165) is 22.6 Å². The van der Waals surface area contributed by atoms with E-state index in [2.05, 4.69) is 10.4 Å². The number of aromatic nitrogens is 2. The molecule has 5 nitrogen and oxygen atoms in total. The molecule has 1 aliphatic rings. The lowest BCUT2D eigenvalue weighted by Gasteiger charge is -2.17. The summed E-state index contributed by atoms with van der Waals surface area (Å²) in [6, 6.07) is 17.5. The monoisotopic (exact) mass is 331 g/mol. The Bertz CT molecular complexity index is 912. The fourth-order valence-electron chi connectivity index (χ4n) is 2.73. The molecule has 124 valence electrons. The quantitative estimate of drug-likeness (QED) is 0.800. The molecule has 0 bridgehead atoms. The van der Waals surface area contributed by atoms with Crippen molar-refractivity contribution in [2.75, 3.05) is 6.61 Å². The predicted octanol–water partition coefficient (Wildman–Crippen LogP) is 2.96. The summed E-state index contributed by atoms with van der Waals surface area (Å²) in [4.78, 5) is 12.4. The Morgan fingerprint density at radius 3 is 2.76 bits per heavy atom. The summed E-state index contributed by atoms with van der Waals surface area (Å²) in [5.74, 6) is 0.707. The highest BCUT2D eigenvalue weighted by atomic mass is 16.5. The highest BCUT2D eigenvalue weighted by molar-refractivity contribution is 5.99.